The minimum absolute atomic E-state index is 0.215. The second-order valence-corrected chi connectivity index (χ2v) is 4.61. The van der Waals surface area contributed by atoms with E-state index in [0.717, 1.165) is 19.6 Å². The Kier molecular flexibility index (Phi) is 4.94. The van der Waals surface area contributed by atoms with Crippen molar-refractivity contribution < 1.29 is 4.79 Å². The molecule has 1 aliphatic rings. The molecule has 1 amide bonds. The van der Waals surface area contributed by atoms with Crippen LogP contribution in [0, 0.1) is 11.8 Å². The van der Waals surface area contributed by atoms with E-state index in [1.54, 1.807) is 0 Å². The maximum atomic E-state index is 11.5. The summed E-state index contributed by atoms with van der Waals surface area (Å²) in [4.78, 5) is 11.5. The summed E-state index contributed by atoms with van der Waals surface area (Å²) in [6, 6.07) is 0. The molecule has 1 saturated heterocycles. The van der Waals surface area contributed by atoms with Gasteiger partial charge in [0.05, 0.1) is 0 Å². The van der Waals surface area contributed by atoms with Crippen LogP contribution in [0.1, 0.15) is 33.1 Å². The third-order valence-corrected chi connectivity index (χ3v) is 2.58. The van der Waals surface area contributed by atoms with Gasteiger partial charge in [0.25, 0.3) is 0 Å². The molecule has 1 rings (SSSR count). The van der Waals surface area contributed by atoms with Crippen LogP contribution >= 0.6 is 0 Å². The zero-order chi connectivity index (χ0) is 10.4. The lowest BCUT2D eigenvalue weighted by atomic mass is 9.96. The number of hydrogen-bond acceptors (Lipinski definition) is 2. The third-order valence-electron chi connectivity index (χ3n) is 2.58. The van der Waals surface area contributed by atoms with Gasteiger partial charge >= 0.3 is 0 Å². The van der Waals surface area contributed by atoms with Gasteiger partial charge in [0.15, 0.2) is 0 Å². The monoisotopic (exact) mass is 198 g/mol. The molecule has 0 aromatic heterocycles. The van der Waals surface area contributed by atoms with Crippen molar-refractivity contribution in [3.63, 3.8) is 0 Å². The molecule has 1 heterocycles. The summed E-state index contributed by atoms with van der Waals surface area (Å²) >= 11 is 0. The molecule has 0 aliphatic carbocycles. The van der Waals surface area contributed by atoms with Crippen molar-refractivity contribution in [2.75, 3.05) is 19.6 Å². The Labute approximate surface area is 86.6 Å². The van der Waals surface area contributed by atoms with Gasteiger partial charge in [-0.05, 0) is 37.8 Å². The molecule has 0 aromatic carbocycles. The van der Waals surface area contributed by atoms with Crippen LogP contribution in [0.25, 0.3) is 0 Å². The average molecular weight is 198 g/mol. The number of hydrogen-bond donors (Lipinski definition) is 2. The predicted octanol–water partition coefficient (Wildman–Crippen LogP) is 1.15. The number of carbonyl (C=O) groups is 1. The minimum Gasteiger partial charge on any atom is -0.356 e. The van der Waals surface area contributed by atoms with Crippen LogP contribution in [0.15, 0.2) is 0 Å². The molecule has 2 N–H and O–H groups in total. The number of amides is 1. The van der Waals surface area contributed by atoms with Gasteiger partial charge in [0.2, 0.25) is 5.91 Å². The molecule has 1 fully saturated rings. The van der Waals surface area contributed by atoms with E-state index in [1.165, 1.54) is 12.8 Å². The first kappa shape index (κ1) is 11.5. The van der Waals surface area contributed by atoms with E-state index in [2.05, 4.69) is 24.5 Å². The van der Waals surface area contributed by atoms with E-state index in [1.807, 2.05) is 0 Å². The average Bonchev–Trinajstić information content (AvgIpc) is 2.16. The fourth-order valence-corrected chi connectivity index (χ4v) is 1.75. The van der Waals surface area contributed by atoms with Gasteiger partial charge in [-0.25, -0.2) is 0 Å². The molecule has 82 valence electrons. The van der Waals surface area contributed by atoms with E-state index in [-0.39, 0.29) is 5.91 Å². The van der Waals surface area contributed by atoms with Gasteiger partial charge in [-0.2, -0.15) is 0 Å². The molecule has 0 spiro atoms. The summed E-state index contributed by atoms with van der Waals surface area (Å²) in [7, 11) is 0. The topological polar surface area (TPSA) is 41.1 Å². The van der Waals surface area contributed by atoms with E-state index in [4.69, 9.17) is 0 Å². The lowest BCUT2D eigenvalue weighted by Crippen LogP contribution is -2.35. The van der Waals surface area contributed by atoms with Crippen LogP contribution < -0.4 is 10.6 Å². The predicted molar refractivity (Wildman–Crippen MR) is 58.1 cm³/mol. The largest absolute Gasteiger partial charge is 0.356 e. The normalized spacial score (nSPS) is 22.4. The molecule has 3 nitrogen and oxygen atoms in total. The van der Waals surface area contributed by atoms with Crippen LogP contribution in [0.2, 0.25) is 0 Å². The molecule has 1 atom stereocenters. The van der Waals surface area contributed by atoms with Crippen LogP contribution in [-0.2, 0) is 4.79 Å². The van der Waals surface area contributed by atoms with E-state index >= 15 is 0 Å². The summed E-state index contributed by atoms with van der Waals surface area (Å²) in [6.45, 7) is 7.16. The standard InChI is InChI=1S/C11H22N2O/c1-9(2)7-13-11(14)6-10-4-3-5-12-8-10/h9-10,12H,3-8H2,1-2H3,(H,13,14)/t10-/m1/s1. The van der Waals surface area contributed by atoms with Gasteiger partial charge in [0, 0.05) is 13.0 Å². The van der Waals surface area contributed by atoms with Crippen molar-refractivity contribution in [2.24, 2.45) is 11.8 Å². The minimum atomic E-state index is 0.215. The zero-order valence-electron chi connectivity index (χ0n) is 9.31. The SMILES string of the molecule is CC(C)CNC(=O)C[C@H]1CCCNC1. The van der Waals surface area contributed by atoms with Crippen molar-refractivity contribution in [3.8, 4) is 0 Å². The molecule has 1 aliphatic heterocycles. The molecular weight excluding hydrogens is 176 g/mol. The van der Waals surface area contributed by atoms with Crippen LogP contribution in [0.4, 0.5) is 0 Å². The molecular formula is C11H22N2O. The van der Waals surface area contributed by atoms with Crippen LogP contribution in [-0.4, -0.2) is 25.5 Å². The van der Waals surface area contributed by atoms with Crippen LogP contribution in [0.3, 0.4) is 0 Å². The fourth-order valence-electron chi connectivity index (χ4n) is 1.75. The Morgan fingerprint density at radius 2 is 2.36 bits per heavy atom. The maximum Gasteiger partial charge on any atom is 0.220 e. The third kappa shape index (κ3) is 4.61. The molecule has 0 radical (unpaired) electrons. The van der Waals surface area contributed by atoms with Gasteiger partial charge in [-0.3, -0.25) is 4.79 Å². The highest BCUT2D eigenvalue weighted by atomic mass is 16.1. The highest BCUT2D eigenvalue weighted by molar-refractivity contribution is 5.76. The Morgan fingerprint density at radius 1 is 1.57 bits per heavy atom. The smallest absolute Gasteiger partial charge is 0.220 e. The first-order chi connectivity index (χ1) is 6.68. The summed E-state index contributed by atoms with van der Waals surface area (Å²) < 4.78 is 0. The van der Waals surface area contributed by atoms with E-state index in [9.17, 15) is 4.79 Å². The van der Waals surface area contributed by atoms with Crippen molar-refractivity contribution in [3.05, 3.63) is 0 Å². The lowest BCUT2D eigenvalue weighted by molar-refractivity contribution is -0.122. The number of carbonyl (C=O) groups excluding carboxylic acids is 1. The Hall–Kier alpha value is -0.570. The maximum absolute atomic E-state index is 11.5. The molecule has 0 aromatic rings. The first-order valence-corrected chi connectivity index (χ1v) is 5.66. The summed E-state index contributed by atoms with van der Waals surface area (Å²) in [6.07, 6.45) is 3.10. The Balaban J connectivity index is 2.12. The van der Waals surface area contributed by atoms with Gasteiger partial charge in [0.1, 0.15) is 0 Å². The van der Waals surface area contributed by atoms with Crippen LogP contribution in [0.5, 0.6) is 0 Å². The summed E-state index contributed by atoms with van der Waals surface area (Å²) in [5.41, 5.74) is 0. The Morgan fingerprint density at radius 3 is 2.93 bits per heavy atom. The highest BCUT2D eigenvalue weighted by Gasteiger charge is 2.16. The van der Waals surface area contributed by atoms with Crippen molar-refractivity contribution >= 4 is 5.91 Å². The molecule has 0 unspecified atom stereocenters. The summed E-state index contributed by atoms with van der Waals surface area (Å²) in [5.74, 6) is 1.31. The number of piperidine rings is 1. The van der Waals surface area contributed by atoms with Crippen molar-refractivity contribution in [1.82, 2.24) is 10.6 Å². The van der Waals surface area contributed by atoms with Gasteiger partial charge in [-0.15, -0.1) is 0 Å². The van der Waals surface area contributed by atoms with Crippen molar-refractivity contribution in [1.29, 1.82) is 0 Å². The molecule has 0 bridgehead atoms. The van der Waals surface area contributed by atoms with E-state index < -0.39 is 0 Å². The fraction of sp³-hybridized carbons (Fsp3) is 0.909. The highest BCUT2D eigenvalue weighted by Crippen LogP contribution is 2.13. The van der Waals surface area contributed by atoms with E-state index in [0.29, 0.717) is 18.3 Å². The first-order valence-electron chi connectivity index (χ1n) is 5.66. The lowest BCUT2D eigenvalue weighted by Gasteiger charge is -2.22. The van der Waals surface area contributed by atoms with Gasteiger partial charge < -0.3 is 10.6 Å². The number of nitrogens with one attached hydrogen (secondary N) is 2. The second-order valence-electron chi connectivity index (χ2n) is 4.61. The van der Waals surface area contributed by atoms with Crippen molar-refractivity contribution in [2.45, 2.75) is 33.1 Å². The molecule has 14 heavy (non-hydrogen) atoms. The van der Waals surface area contributed by atoms with Gasteiger partial charge in [-0.1, -0.05) is 13.8 Å². The number of rotatable bonds is 4. The molecule has 0 saturated carbocycles. The Bertz CT molecular complexity index is 174. The quantitative estimate of drug-likeness (QED) is 0.711. The molecule has 3 heteroatoms. The zero-order valence-corrected chi connectivity index (χ0v) is 9.31. The summed E-state index contributed by atoms with van der Waals surface area (Å²) in [5, 5.41) is 6.29. The second kappa shape index (κ2) is 6.02.